The summed E-state index contributed by atoms with van der Waals surface area (Å²) >= 11 is 0. The number of nitrogens with one attached hydrogen (secondary N) is 1. The van der Waals surface area contributed by atoms with Crippen molar-refractivity contribution in [2.45, 2.75) is 57.6 Å². The third-order valence-corrected chi connectivity index (χ3v) is 7.85. The second kappa shape index (κ2) is 13.8. The van der Waals surface area contributed by atoms with Crippen LogP contribution in [0.4, 0.5) is 5.69 Å². The minimum atomic E-state index is -4.11. The predicted octanol–water partition coefficient (Wildman–Crippen LogP) is 4.61. The number of nitrogens with zero attached hydrogens (tertiary/aromatic N) is 2. The van der Waals surface area contributed by atoms with Gasteiger partial charge in [0.1, 0.15) is 18.3 Å². The van der Waals surface area contributed by atoms with E-state index >= 15 is 0 Å². The van der Waals surface area contributed by atoms with Crippen LogP contribution in [-0.2, 0) is 26.2 Å². The first-order valence-electron chi connectivity index (χ1n) is 13.1. The van der Waals surface area contributed by atoms with Gasteiger partial charge in [-0.25, -0.2) is 8.42 Å². The van der Waals surface area contributed by atoms with Crippen LogP contribution < -0.4 is 14.4 Å². The van der Waals surface area contributed by atoms with Gasteiger partial charge in [0.05, 0.1) is 17.2 Å². The van der Waals surface area contributed by atoms with Gasteiger partial charge in [0.25, 0.3) is 10.0 Å². The molecule has 3 rings (SSSR count). The molecule has 9 heteroatoms. The van der Waals surface area contributed by atoms with E-state index in [1.165, 1.54) is 17.0 Å². The van der Waals surface area contributed by atoms with Gasteiger partial charge in [-0.1, -0.05) is 55.5 Å². The van der Waals surface area contributed by atoms with Gasteiger partial charge >= 0.3 is 0 Å². The monoisotopic (exact) mass is 551 g/mol. The summed E-state index contributed by atoms with van der Waals surface area (Å²) in [5.41, 5.74) is 1.15. The maximum atomic E-state index is 14.0. The standard InChI is InChI=1S/C30H37N3O5S/c1-5-28(30(35)31-23(3)4)32(21-24-13-9-7-10-14-24)29(34)22-33(25-17-19-26(20-18-25)38-6-2)39(36,37)27-15-11-8-12-16-27/h7-20,23,28H,5-6,21-22H2,1-4H3,(H,31,35)/t28-/m0/s1. The summed E-state index contributed by atoms with van der Waals surface area (Å²) < 4.78 is 34.2. The lowest BCUT2D eigenvalue weighted by Crippen LogP contribution is -2.53. The number of carbonyl (C=O) groups is 2. The van der Waals surface area contributed by atoms with E-state index in [2.05, 4.69) is 5.32 Å². The van der Waals surface area contributed by atoms with Gasteiger partial charge in [0, 0.05) is 12.6 Å². The molecule has 8 nitrogen and oxygen atoms in total. The van der Waals surface area contributed by atoms with E-state index in [-0.39, 0.29) is 23.4 Å². The highest BCUT2D eigenvalue weighted by Crippen LogP contribution is 2.27. The highest BCUT2D eigenvalue weighted by Gasteiger charge is 2.33. The van der Waals surface area contributed by atoms with Crippen molar-refractivity contribution in [1.82, 2.24) is 10.2 Å². The van der Waals surface area contributed by atoms with Gasteiger partial charge in [-0.3, -0.25) is 13.9 Å². The molecule has 0 spiro atoms. The molecular formula is C30H37N3O5S. The fourth-order valence-electron chi connectivity index (χ4n) is 4.20. The molecule has 0 bridgehead atoms. The molecule has 0 aromatic heterocycles. The van der Waals surface area contributed by atoms with E-state index in [1.54, 1.807) is 42.5 Å². The normalized spacial score (nSPS) is 12.0. The van der Waals surface area contributed by atoms with E-state index in [4.69, 9.17) is 4.74 Å². The first-order valence-corrected chi connectivity index (χ1v) is 14.6. The maximum absolute atomic E-state index is 14.0. The highest BCUT2D eigenvalue weighted by molar-refractivity contribution is 7.92. The Balaban J connectivity index is 2.03. The van der Waals surface area contributed by atoms with E-state index in [1.807, 2.05) is 58.0 Å². The largest absolute Gasteiger partial charge is 0.494 e. The van der Waals surface area contributed by atoms with Gasteiger partial charge in [-0.2, -0.15) is 0 Å². The van der Waals surface area contributed by atoms with Gasteiger partial charge < -0.3 is 15.0 Å². The topological polar surface area (TPSA) is 96.0 Å². The number of benzene rings is 3. The molecular weight excluding hydrogens is 514 g/mol. The molecule has 1 atom stereocenters. The average Bonchev–Trinajstić information content (AvgIpc) is 2.93. The highest BCUT2D eigenvalue weighted by atomic mass is 32.2. The number of sulfonamides is 1. The number of amides is 2. The van der Waals surface area contributed by atoms with Gasteiger partial charge in [0.2, 0.25) is 11.8 Å². The number of anilines is 1. The van der Waals surface area contributed by atoms with Crippen molar-refractivity contribution in [2.24, 2.45) is 0 Å². The predicted molar refractivity (Wildman–Crippen MR) is 153 cm³/mol. The van der Waals surface area contributed by atoms with Crippen molar-refractivity contribution in [3.05, 3.63) is 90.5 Å². The Hall–Kier alpha value is -3.85. The zero-order valence-electron chi connectivity index (χ0n) is 22.9. The second-order valence-corrected chi connectivity index (χ2v) is 11.2. The van der Waals surface area contributed by atoms with Crippen LogP contribution in [0.5, 0.6) is 5.75 Å². The quantitative estimate of drug-likeness (QED) is 0.335. The number of hydrogen-bond donors (Lipinski definition) is 1. The summed E-state index contributed by atoms with van der Waals surface area (Å²) in [7, 11) is -4.11. The van der Waals surface area contributed by atoms with Crippen LogP contribution in [0.1, 0.15) is 39.7 Å². The van der Waals surface area contributed by atoms with E-state index < -0.39 is 28.5 Å². The first-order chi connectivity index (χ1) is 18.7. The molecule has 208 valence electrons. The lowest BCUT2D eigenvalue weighted by atomic mass is 10.1. The Morgan fingerprint density at radius 1 is 0.872 bits per heavy atom. The fourth-order valence-corrected chi connectivity index (χ4v) is 5.64. The number of hydrogen-bond acceptors (Lipinski definition) is 5. The van der Waals surface area contributed by atoms with Crippen LogP contribution >= 0.6 is 0 Å². The van der Waals surface area contributed by atoms with Gasteiger partial charge in [0.15, 0.2) is 0 Å². The van der Waals surface area contributed by atoms with Crippen LogP contribution in [0.3, 0.4) is 0 Å². The van der Waals surface area contributed by atoms with Crippen LogP contribution in [-0.4, -0.2) is 50.4 Å². The summed E-state index contributed by atoms with van der Waals surface area (Å²) in [5.74, 6) is -0.181. The molecule has 0 unspecified atom stereocenters. The summed E-state index contributed by atoms with van der Waals surface area (Å²) in [6.07, 6.45) is 0.367. The zero-order valence-corrected chi connectivity index (χ0v) is 23.7. The molecule has 0 saturated carbocycles. The summed E-state index contributed by atoms with van der Waals surface area (Å²) in [6.45, 7) is 7.55. The summed E-state index contributed by atoms with van der Waals surface area (Å²) in [5, 5.41) is 2.90. The van der Waals surface area contributed by atoms with Crippen molar-refractivity contribution >= 4 is 27.5 Å². The summed E-state index contributed by atoms with van der Waals surface area (Å²) in [6, 6.07) is 23.0. The SMILES string of the molecule is CCOc1ccc(N(CC(=O)N(Cc2ccccc2)[C@@H](CC)C(=O)NC(C)C)S(=O)(=O)c2ccccc2)cc1. The Bertz CT molecular complexity index is 1310. The van der Waals surface area contributed by atoms with Crippen LogP contribution in [0, 0.1) is 0 Å². The third kappa shape index (κ3) is 7.83. The van der Waals surface area contributed by atoms with Gasteiger partial charge in [-0.15, -0.1) is 0 Å². The first kappa shape index (κ1) is 29.7. The molecule has 0 aliphatic carbocycles. The molecule has 39 heavy (non-hydrogen) atoms. The van der Waals surface area contributed by atoms with Crippen LogP contribution in [0.25, 0.3) is 0 Å². The molecule has 0 aliphatic rings. The lowest BCUT2D eigenvalue weighted by molar-refractivity contribution is -0.140. The molecule has 3 aromatic carbocycles. The Morgan fingerprint density at radius 2 is 1.46 bits per heavy atom. The van der Waals surface area contributed by atoms with Crippen molar-refractivity contribution in [3.8, 4) is 5.75 Å². The van der Waals surface area contributed by atoms with E-state index in [9.17, 15) is 18.0 Å². The lowest BCUT2D eigenvalue weighted by Gasteiger charge is -2.33. The maximum Gasteiger partial charge on any atom is 0.264 e. The van der Waals surface area contributed by atoms with Crippen molar-refractivity contribution in [3.63, 3.8) is 0 Å². The Morgan fingerprint density at radius 3 is 2.00 bits per heavy atom. The average molecular weight is 552 g/mol. The molecule has 0 aliphatic heterocycles. The molecule has 0 radical (unpaired) electrons. The van der Waals surface area contributed by atoms with Crippen molar-refractivity contribution in [1.29, 1.82) is 0 Å². The second-order valence-electron chi connectivity index (χ2n) is 9.35. The van der Waals surface area contributed by atoms with E-state index in [0.29, 0.717) is 24.5 Å². The van der Waals surface area contributed by atoms with Crippen LogP contribution in [0.15, 0.2) is 89.8 Å². The molecule has 0 heterocycles. The minimum absolute atomic E-state index is 0.0610. The van der Waals surface area contributed by atoms with Gasteiger partial charge in [-0.05, 0) is 69.2 Å². The smallest absolute Gasteiger partial charge is 0.264 e. The van der Waals surface area contributed by atoms with Crippen LogP contribution in [0.2, 0.25) is 0 Å². The molecule has 2 amide bonds. The molecule has 3 aromatic rings. The number of rotatable bonds is 13. The number of ether oxygens (including phenoxy) is 1. The Labute approximate surface area is 231 Å². The number of carbonyl (C=O) groups excluding carboxylic acids is 2. The van der Waals surface area contributed by atoms with E-state index in [0.717, 1.165) is 9.87 Å². The molecule has 1 N–H and O–H groups in total. The Kier molecular flexibility index (Phi) is 10.5. The molecule has 0 fully saturated rings. The van der Waals surface area contributed by atoms with Crippen molar-refractivity contribution < 1.29 is 22.7 Å². The summed E-state index contributed by atoms with van der Waals surface area (Å²) in [4.78, 5) is 28.7. The third-order valence-electron chi connectivity index (χ3n) is 6.06. The zero-order chi connectivity index (χ0) is 28.4. The minimum Gasteiger partial charge on any atom is -0.494 e. The van der Waals surface area contributed by atoms with Crippen molar-refractivity contribution in [2.75, 3.05) is 17.5 Å². The molecule has 0 saturated heterocycles. The fraction of sp³-hybridized carbons (Fsp3) is 0.333.